The Labute approximate surface area is 402 Å². The van der Waals surface area contributed by atoms with Gasteiger partial charge < -0.3 is 24.8 Å². The SMILES string of the molecule is CCCCCCCCCCCCCCN(C(=O)Oc1ccc([N+](=O)[O-])cc1CN(CC)C(=O)N1C(=O)CCN1c1ccc(OC)cc1)c1cccc2c(O)c(C(=O)Nc3ccccc3Cl)ccc12. The van der Waals surface area contributed by atoms with Gasteiger partial charge in [-0.05, 0) is 67.9 Å². The molecule has 16 heteroatoms. The fourth-order valence-electron chi connectivity index (χ4n) is 8.37. The molecule has 0 saturated carbocycles. The van der Waals surface area contributed by atoms with Crippen LogP contribution < -0.4 is 24.7 Å². The van der Waals surface area contributed by atoms with E-state index in [1.165, 1.54) is 79.0 Å². The Morgan fingerprint density at radius 1 is 0.824 bits per heavy atom. The standard InChI is InChI=1S/C52H61ClN6O9/c1-4-6-7-8-9-10-11-12-13-14-15-18-33-56(46-23-19-20-42-41(46)29-30-43(49(42)61)50(62)54-45-22-17-16-21-44(45)53)52(64)68-47-31-26-39(59(65)66)35-37(47)36-55(5-2)51(63)58-48(60)32-34-57(58)38-24-27-40(67-3)28-25-38/h16-17,19-31,35,61H,4-15,18,32-34,36H2,1-3H3,(H,54,62). The number of aromatic hydroxyl groups is 1. The maximum atomic E-state index is 14.6. The number of ether oxygens (including phenoxy) is 2. The Morgan fingerprint density at radius 2 is 1.50 bits per heavy atom. The number of unbranched alkanes of at least 4 members (excludes halogenated alkanes) is 11. The third kappa shape index (κ3) is 12.8. The normalized spacial score (nSPS) is 12.3. The fourth-order valence-corrected chi connectivity index (χ4v) is 8.56. The zero-order chi connectivity index (χ0) is 48.6. The minimum atomic E-state index is -0.800. The average molecular weight is 950 g/mol. The van der Waals surface area contributed by atoms with Crippen molar-refractivity contribution in [3.05, 3.63) is 123 Å². The van der Waals surface area contributed by atoms with Crippen LogP contribution in [0.25, 0.3) is 10.8 Å². The molecule has 6 rings (SSSR count). The van der Waals surface area contributed by atoms with Crippen LogP contribution in [0.15, 0.2) is 97.1 Å². The average Bonchev–Trinajstić information content (AvgIpc) is 3.73. The number of non-ortho nitro benzene ring substituents is 1. The van der Waals surface area contributed by atoms with Gasteiger partial charge in [-0.15, -0.1) is 0 Å². The molecular weight excluding hydrogens is 888 g/mol. The van der Waals surface area contributed by atoms with Crippen LogP contribution >= 0.6 is 11.6 Å². The lowest BCUT2D eigenvalue weighted by Crippen LogP contribution is -2.50. The zero-order valence-corrected chi connectivity index (χ0v) is 39.8. The number of para-hydroxylation sites is 1. The minimum Gasteiger partial charge on any atom is -0.506 e. The van der Waals surface area contributed by atoms with Gasteiger partial charge in [0.1, 0.15) is 17.2 Å². The molecule has 0 aliphatic carbocycles. The van der Waals surface area contributed by atoms with E-state index in [0.717, 1.165) is 30.7 Å². The fraction of sp³-hybridized carbons (Fsp3) is 0.385. The predicted octanol–water partition coefficient (Wildman–Crippen LogP) is 12.7. The van der Waals surface area contributed by atoms with Gasteiger partial charge in [0.2, 0.25) is 0 Å². The lowest BCUT2D eigenvalue weighted by Gasteiger charge is -2.33. The van der Waals surface area contributed by atoms with Crippen LogP contribution in [-0.4, -0.2) is 70.6 Å². The van der Waals surface area contributed by atoms with E-state index in [9.17, 15) is 34.4 Å². The largest absolute Gasteiger partial charge is 0.506 e. The number of carbonyl (C=O) groups is 4. The number of phenols is 1. The monoisotopic (exact) mass is 948 g/mol. The molecule has 0 bridgehead atoms. The summed E-state index contributed by atoms with van der Waals surface area (Å²) >= 11 is 6.29. The third-order valence-corrected chi connectivity index (χ3v) is 12.5. The highest BCUT2D eigenvalue weighted by atomic mass is 35.5. The first-order valence-corrected chi connectivity index (χ1v) is 23.9. The molecule has 360 valence electrons. The van der Waals surface area contributed by atoms with Crippen molar-refractivity contribution in [1.82, 2.24) is 9.91 Å². The van der Waals surface area contributed by atoms with E-state index in [1.54, 1.807) is 91.8 Å². The highest BCUT2D eigenvalue weighted by molar-refractivity contribution is 6.34. The van der Waals surface area contributed by atoms with Gasteiger partial charge in [-0.25, -0.2) is 9.59 Å². The second-order valence-corrected chi connectivity index (χ2v) is 17.2. The second-order valence-electron chi connectivity index (χ2n) is 16.8. The number of halogens is 1. The summed E-state index contributed by atoms with van der Waals surface area (Å²) in [6.45, 7) is 4.30. The predicted molar refractivity (Wildman–Crippen MR) is 266 cm³/mol. The third-order valence-electron chi connectivity index (χ3n) is 12.2. The van der Waals surface area contributed by atoms with Crippen LogP contribution in [0.4, 0.5) is 32.3 Å². The maximum Gasteiger partial charge on any atom is 0.419 e. The van der Waals surface area contributed by atoms with Crippen molar-refractivity contribution in [2.24, 2.45) is 0 Å². The molecular formula is C52H61ClN6O9. The molecule has 0 unspecified atom stereocenters. The van der Waals surface area contributed by atoms with Gasteiger partial charge in [0.25, 0.3) is 17.5 Å². The van der Waals surface area contributed by atoms with Crippen LogP contribution in [0.1, 0.15) is 113 Å². The molecule has 2 N–H and O–H groups in total. The van der Waals surface area contributed by atoms with Crippen molar-refractivity contribution in [3.63, 3.8) is 0 Å². The van der Waals surface area contributed by atoms with E-state index >= 15 is 0 Å². The van der Waals surface area contributed by atoms with Gasteiger partial charge in [-0.2, -0.15) is 5.01 Å². The molecule has 5 aromatic carbocycles. The first kappa shape index (κ1) is 50.5. The van der Waals surface area contributed by atoms with E-state index in [2.05, 4.69) is 12.2 Å². The first-order chi connectivity index (χ1) is 32.9. The Morgan fingerprint density at radius 3 is 2.15 bits per heavy atom. The number of nitro benzene ring substituents is 1. The summed E-state index contributed by atoms with van der Waals surface area (Å²) in [5.41, 5.74) is 1.26. The Hall–Kier alpha value is -6.87. The number of hydrogen-bond acceptors (Lipinski definition) is 10. The van der Waals surface area contributed by atoms with E-state index in [1.807, 2.05) is 0 Å². The number of imide groups is 1. The van der Waals surface area contributed by atoms with Gasteiger partial charge in [0.05, 0.1) is 46.2 Å². The molecule has 1 aliphatic rings. The molecule has 1 saturated heterocycles. The molecule has 0 radical (unpaired) electrons. The summed E-state index contributed by atoms with van der Waals surface area (Å²) < 4.78 is 11.4. The van der Waals surface area contributed by atoms with Crippen molar-refractivity contribution in [1.29, 1.82) is 0 Å². The summed E-state index contributed by atoms with van der Waals surface area (Å²) in [5.74, 6) is -0.707. The summed E-state index contributed by atoms with van der Waals surface area (Å²) in [6.07, 6.45) is 12.7. The van der Waals surface area contributed by atoms with Gasteiger partial charge in [-0.3, -0.25) is 29.6 Å². The van der Waals surface area contributed by atoms with Gasteiger partial charge in [0, 0.05) is 54.5 Å². The van der Waals surface area contributed by atoms with E-state index in [0.29, 0.717) is 45.0 Å². The van der Waals surface area contributed by atoms with E-state index < -0.39 is 28.9 Å². The van der Waals surface area contributed by atoms with Crippen molar-refractivity contribution in [3.8, 4) is 17.2 Å². The molecule has 15 nitrogen and oxygen atoms in total. The number of hydrogen-bond donors (Lipinski definition) is 2. The number of phenolic OH excluding ortho intramolecular Hbond substituents is 1. The molecule has 1 aliphatic heterocycles. The molecule has 68 heavy (non-hydrogen) atoms. The quantitative estimate of drug-likeness (QED) is 0.0364. The van der Waals surface area contributed by atoms with Gasteiger partial charge >= 0.3 is 12.1 Å². The van der Waals surface area contributed by atoms with Crippen LogP contribution in [0.5, 0.6) is 17.2 Å². The second kappa shape index (κ2) is 24.8. The van der Waals surface area contributed by atoms with Crippen LogP contribution in [0.2, 0.25) is 5.02 Å². The molecule has 1 heterocycles. The molecule has 5 amide bonds. The number of amides is 5. The zero-order valence-electron chi connectivity index (χ0n) is 39.1. The number of anilines is 3. The van der Waals surface area contributed by atoms with Gasteiger partial charge in [-0.1, -0.05) is 119 Å². The number of benzene rings is 5. The lowest BCUT2D eigenvalue weighted by molar-refractivity contribution is -0.385. The molecule has 0 atom stereocenters. The summed E-state index contributed by atoms with van der Waals surface area (Å²) in [6, 6.07) is 25.0. The number of hydrazine groups is 1. The Bertz CT molecular complexity index is 2560. The van der Waals surface area contributed by atoms with Crippen molar-refractivity contribution in [2.75, 3.05) is 42.0 Å². The molecule has 0 spiro atoms. The summed E-state index contributed by atoms with van der Waals surface area (Å²) in [4.78, 5) is 69.8. The molecule has 1 fully saturated rings. The van der Waals surface area contributed by atoms with Crippen LogP contribution in [0.3, 0.4) is 0 Å². The van der Waals surface area contributed by atoms with Crippen molar-refractivity contribution < 1.29 is 38.7 Å². The number of nitro groups is 1. The number of urea groups is 1. The van der Waals surface area contributed by atoms with Crippen LogP contribution in [-0.2, 0) is 11.3 Å². The van der Waals surface area contributed by atoms with Crippen LogP contribution in [0, 0.1) is 10.1 Å². The highest BCUT2D eigenvalue weighted by Gasteiger charge is 2.37. The Kier molecular flexibility index (Phi) is 18.4. The topological polar surface area (TPSA) is 175 Å². The highest BCUT2D eigenvalue weighted by Crippen LogP contribution is 2.37. The smallest absolute Gasteiger partial charge is 0.419 e. The number of carbonyl (C=O) groups excluding carboxylic acids is 4. The summed E-state index contributed by atoms with van der Waals surface area (Å²) in [5, 5.41) is 30.1. The minimum absolute atomic E-state index is 0.00190. The maximum absolute atomic E-state index is 14.6. The summed E-state index contributed by atoms with van der Waals surface area (Å²) in [7, 11) is 1.54. The number of nitrogens with zero attached hydrogens (tertiary/aromatic N) is 5. The number of methoxy groups -OCH3 is 1. The number of fused-ring (bicyclic) bond motifs is 1. The van der Waals surface area contributed by atoms with Crippen molar-refractivity contribution >= 4 is 69.1 Å². The molecule has 0 aromatic heterocycles. The molecule has 5 aromatic rings. The number of nitrogens with one attached hydrogen (secondary N) is 1. The first-order valence-electron chi connectivity index (χ1n) is 23.6. The number of rotatable bonds is 23. The van der Waals surface area contributed by atoms with Gasteiger partial charge in [0.15, 0.2) is 0 Å². The van der Waals surface area contributed by atoms with E-state index in [-0.39, 0.29) is 60.9 Å². The van der Waals surface area contributed by atoms with E-state index in [4.69, 9.17) is 21.1 Å². The van der Waals surface area contributed by atoms with Crippen molar-refractivity contribution in [2.45, 2.75) is 104 Å². The Balaban J connectivity index is 1.25. The lowest BCUT2D eigenvalue weighted by atomic mass is 10.0.